The van der Waals surface area contributed by atoms with Crippen molar-refractivity contribution in [2.24, 2.45) is 5.16 Å². The predicted octanol–water partition coefficient (Wildman–Crippen LogP) is 4.82. The van der Waals surface area contributed by atoms with Crippen molar-refractivity contribution in [3.8, 4) is 5.75 Å². The first-order valence-corrected chi connectivity index (χ1v) is 10.8. The fourth-order valence-corrected chi connectivity index (χ4v) is 3.74. The van der Waals surface area contributed by atoms with Gasteiger partial charge in [-0.25, -0.2) is 8.42 Å². The van der Waals surface area contributed by atoms with Crippen molar-refractivity contribution in [1.29, 1.82) is 0 Å². The van der Waals surface area contributed by atoms with E-state index in [0.29, 0.717) is 5.71 Å². The Balaban J connectivity index is 1.88. The van der Waals surface area contributed by atoms with E-state index in [1.165, 1.54) is 24.3 Å². The first-order valence-electron chi connectivity index (χ1n) is 9.32. The summed E-state index contributed by atoms with van der Waals surface area (Å²) in [6, 6.07) is 17.5. The molecule has 8 nitrogen and oxygen atoms in total. The van der Waals surface area contributed by atoms with Gasteiger partial charge in [-0.05, 0) is 38.5 Å². The Hall–Kier alpha value is -3.72. The maximum Gasteiger partial charge on any atom is 0.275 e. The van der Waals surface area contributed by atoms with Crippen molar-refractivity contribution in [2.45, 2.75) is 25.7 Å². The highest BCUT2D eigenvalue weighted by atomic mass is 32.2. The van der Waals surface area contributed by atoms with E-state index >= 15 is 0 Å². The van der Waals surface area contributed by atoms with E-state index in [1.54, 1.807) is 19.1 Å². The SMILES string of the molecule is CC(=NOc1cc(NS(=O)(=O)c2ccc(C)cc2)cc([N+](=O)[O-])c1)c1ccc(C)cc1. The van der Waals surface area contributed by atoms with Crippen LogP contribution in [0, 0.1) is 24.0 Å². The molecule has 0 atom stereocenters. The van der Waals surface area contributed by atoms with Gasteiger partial charge in [-0.3, -0.25) is 14.8 Å². The number of rotatable bonds is 7. The molecule has 0 bridgehead atoms. The maximum atomic E-state index is 12.6. The number of benzene rings is 3. The Morgan fingerprint density at radius 2 is 1.55 bits per heavy atom. The van der Waals surface area contributed by atoms with Gasteiger partial charge in [0.15, 0.2) is 5.75 Å². The Morgan fingerprint density at radius 1 is 0.968 bits per heavy atom. The van der Waals surface area contributed by atoms with Crippen molar-refractivity contribution in [1.82, 2.24) is 0 Å². The number of nitro benzene ring substituents is 1. The lowest BCUT2D eigenvalue weighted by Gasteiger charge is -2.10. The molecule has 0 heterocycles. The largest absolute Gasteiger partial charge is 0.356 e. The van der Waals surface area contributed by atoms with Crippen LogP contribution in [0.3, 0.4) is 0 Å². The molecule has 0 amide bonds. The van der Waals surface area contributed by atoms with Gasteiger partial charge < -0.3 is 4.84 Å². The van der Waals surface area contributed by atoms with Gasteiger partial charge >= 0.3 is 0 Å². The van der Waals surface area contributed by atoms with Gasteiger partial charge in [0.2, 0.25) is 0 Å². The normalized spacial score (nSPS) is 11.8. The Kier molecular flexibility index (Phi) is 6.36. The molecule has 0 saturated heterocycles. The van der Waals surface area contributed by atoms with Crippen LogP contribution in [0.25, 0.3) is 0 Å². The number of nitrogens with one attached hydrogen (secondary N) is 1. The van der Waals surface area contributed by atoms with Gasteiger partial charge in [0.25, 0.3) is 15.7 Å². The minimum atomic E-state index is -3.93. The zero-order chi connectivity index (χ0) is 22.6. The Morgan fingerprint density at radius 3 is 2.13 bits per heavy atom. The van der Waals surface area contributed by atoms with Crippen molar-refractivity contribution < 1.29 is 18.2 Å². The lowest BCUT2D eigenvalue weighted by atomic mass is 10.1. The standard InChI is InChI=1S/C22H21N3O5S/c1-15-4-8-18(9-5-15)17(3)23-30-21-13-19(12-20(14-21)25(26)27)24-31(28,29)22-10-6-16(2)7-11-22/h4-14,24H,1-3H3. The van der Waals surface area contributed by atoms with Crippen LogP contribution >= 0.6 is 0 Å². The second kappa shape index (κ2) is 8.97. The zero-order valence-electron chi connectivity index (χ0n) is 17.2. The van der Waals surface area contributed by atoms with Crippen LogP contribution in [0.2, 0.25) is 0 Å². The zero-order valence-corrected chi connectivity index (χ0v) is 18.0. The summed E-state index contributed by atoms with van der Waals surface area (Å²) in [7, 11) is -3.93. The summed E-state index contributed by atoms with van der Waals surface area (Å²) >= 11 is 0. The predicted molar refractivity (Wildman–Crippen MR) is 119 cm³/mol. The third kappa shape index (κ3) is 5.67. The van der Waals surface area contributed by atoms with Crippen molar-refractivity contribution >= 4 is 27.1 Å². The van der Waals surface area contributed by atoms with Crippen LogP contribution in [0.1, 0.15) is 23.6 Å². The van der Waals surface area contributed by atoms with Gasteiger partial charge in [0.05, 0.1) is 27.3 Å². The number of non-ortho nitro benzene ring substituents is 1. The smallest absolute Gasteiger partial charge is 0.275 e. The average molecular weight is 439 g/mol. The molecule has 0 aliphatic carbocycles. The molecule has 0 saturated carbocycles. The van der Waals surface area contributed by atoms with Crippen LogP contribution in [-0.4, -0.2) is 19.1 Å². The summed E-state index contributed by atoms with van der Waals surface area (Å²) in [5, 5.41) is 15.3. The highest BCUT2D eigenvalue weighted by Gasteiger charge is 2.18. The molecule has 1 N–H and O–H groups in total. The number of hydrogen-bond donors (Lipinski definition) is 1. The molecule has 3 rings (SSSR count). The monoisotopic (exact) mass is 439 g/mol. The molecule has 0 spiro atoms. The lowest BCUT2D eigenvalue weighted by Crippen LogP contribution is -2.13. The summed E-state index contributed by atoms with van der Waals surface area (Å²) in [4.78, 5) is 16.1. The van der Waals surface area contributed by atoms with E-state index in [1.807, 2.05) is 38.1 Å². The molecule has 31 heavy (non-hydrogen) atoms. The van der Waals surface area contributed by atoms with Crippen LogP contribution in [0.5, 0.6) is 5.75 Å². The van der Waals surface area contributed by atoms with E-state index in [0.717, 1.165) is 22.8 Å². The number of anilines is 1. The lowest BCUT2D eigenvalue weighted by molar-refractivity contribution is -0.384. The number of aryl methyl sites for hydroxylation is 2. The first kappa shape index (κ1) is 22.0. The second-order valence-corrected chi connectivity index (χ2v) is 8.71. The third-order valence-corrected chi connectivity index (χ3v) is 5.84. The Labute approximate surface area is 180 Å². The number of hydrogen-bond acceptors (Lipinski definition) is 6. The third-order valence-electron chi connectivity index (χ3n) is 4.44. The van der Waals surface area contributed by atoms with Crippen LogP contribution in [0.15, 0.2) is 76.8 Å². The van der Waals surface area contributed by atoms with Gasteiger partial charge in [0, 0.05) is 12.1 Å². The second-order valence-electron chi connectivity index (χ2n) is 7.03. The van der Waals surface area contributed by atoms with Crippen LogP contribution < -0.4 is 9.56 Å². The maximum absolute atomic E-state index is 12.6. The topological polar surface area (TPSA) is 111 Å². The highest BCUT2D eigenvalue weighted by molar-refractivity contribution is 7.92. The molecule has 9 heteroatoms. The van der Waals surface area contributed by atoms with Crippen LogP contribution in [-0.2, 0) is 10.0 Å². The van der Waals surface area contributed by atoms with Crippen LogP contribution in [0.4, 0.5) is 11.4 Å². The molecule has 3 aromatic rings. The molecule has 3 aromatic carbocycles. The number of oxime groups is 1. The van der Waals surface area contributed by atoms with E-state index in [9.17, 15) is 18.5 Å². The number of nitro groups is 1. The fraction of sp³-hybridized carbons (Fsp3) is 0.136. The van der Waals surface area contributed by atoms with Crippen molar-refractivity contribution in [2.75, 3.05) is 4.72 Å². The van der Waals surface area contributed by atoms with Gasteiger partial charge in [-0.15, -0.1) is 0 Å². The highest BCUT2D eigenvalue weighted by Crippen LogP contribution is 2.28. The minimum absolute atomic E-state index is 0.00651. The van der Waals surface area contributed by atoms with E-state index in [-0.39, 0.29) is 22.0 Å². The van der Waals surface area contributed by atoms with Gasteiger partial charge in [-0.1, -0.05) is 52.7 Å². The molecule has 0 aliphatic rings. The Bertz CT molecular complexity index is 1240. The summed E-state index contributed by atoms with van der Waals surface area (Å²) in [6.45, 7) is 5.55. The van der Waals surface area contributed by atoms with E-state index in [2.05, 4.69) is 9.88 Å². The summed E-state index contributed by atoms with van der Waals surface area (Å²) in [5.74, 6) is 0.0299. The summed E-state index contributed by atoms with van der Waals surface area (Å²) in [5.41, 5.74) is 3.06. The molecule has 0 aromatic heterocycles. The van der Waals surface area contributed by atoms with E-state index in [4.69, 9.17) is 4.84 Å². The van der Waals surface area contributed by atoms with Crippen molar-refractivity contribution in [3.63, 3.8) is 0 Å². The summed E-state index contributed by atoms with van der Waals surface area (Å²) in [6.07, 6.45) is 0. The molecule has 0 unspecified atom stereocenters. The first-order chi connectivity index (χ1) is 14.6. The summed E-state index contributed by atoms with van der Waals surface area (Å²) < 4.78 is 27.6. The molecular weight excluding hydrogens is 418 g/mol. The molecule has 160 valence electrons. The molecule has 0 fully saturated rings. The number of sulfonamides is 1. The average Bonchev–Trinajstić information content (AvgIpc) is 2.72. The van der Waals surface area contributed by atoms with Gasteiger partial charge in [-0.2, -0.15) is 0 Å². The molecular formula is C22H21N3O5S. The van der Waals surface area contributed by atoms with E-state index < -0.39 is 14.9 Å². The number of nitrogens with zero attached hydrogens (tertiary/aromatic N) is 2. The molecule has 0 radical (unpaired) electrons. The van der Waals surface area contributed by atoms with Crippen molar-refractivity contribution in [3.05, 3.63) is 93.5 Å². The minimum Gasteiger partial charge on any atom is -0.356 e. The fourth-order valence-electron chi connectivity index (χ4n) is 2.70. The quantitative estimate of drug-likeness (QED) is 0.322. The molecule has 0 aliphatic heterocycles. The van der Waals surface area contributed by atoms with Gasteiger partial charge in [0.1, 0.15) is 0 Å².